The van der Waals surface area contributed by atoms with Crippen molar-refractivity contribution >= 4 is 10.8 Å². The molecule has 2 nitrogen and oxygen atoms in total. The second kappa shape index (κ2) is 2.71. The van der Waals surface area contributed by atoms with Gasteiger partial charge in [-0.1, -0.05) is 12.1 Å². The van der Waals surface area contributed by atoms with E-state index in [0.717, 1.165) is 10.8 Å². The molecule has 14 heavy (non-hydrogen) atoms. The van der Waals surface area contributed by atoms with Crippen LogP contribution < -0.4 is 5.56 Å². The predicted molar refractivity (Wildman–Crippen MR) is 56.5 cm³/mol. The van der Waals surface area contributed by atoms with E-state index in [-0.39, 0.29) is 5.56 Å². The summed E-state index contributed by atoms with van der Waals surface area (Å²) in [7, 11) is 0. The number of rotatable bonds is 1. The number of aromatic amines is 1. The van der Waals surface area contributed by atoms with Gasteiger partial charge in [0.1, 0.15) is 0 Å². The Balaban J connectivity index is 2.41. The standard InChI is InChI=1S/C12H11NO/c14-12-11-3-1-2-9(8-4-5-8)10(11)6-7-13-12/h1-3,6-8H,4-5H2,(H,13,14). The fraction of sp³-hybridized carbons (Fsp3) is 0.250. The summed E-state index contributed by atoms with van der Waals surface area (Å²) in [6.07, 6.45) is 4.27. The molecule has 1 fully saturated rings. The highest BCUT2D eigenvalue weighted by Crippen LogP contribution is 2.42. The molecule has 2 aromatic rings. The maximum atomic E-state index is 11.5. The van der Waals surface area contributed by atoms with E-state index in [9.17, 15) is 4.79 Å². The van der Waals surface area contributed by atoms with Crippen LogP contribution in [0.1, 0.15) is 24.3 Å². The van der Waals surface area contributed by atoms with Crippen LogP contribution in [-0.2, 0) is 0 Å². The summed E-state index contributed by atoms with van der Waals surface area (Å²) >= 11 is 0. The second-order valence-corrected chi connectivity index (χ2v) is 3.89. The van der Waals surface area contributed by atoms with Crippen LogP contribution in [-0.4, -0.2) is 4.98 Å². The van der Waals surface area contributed by atoms with Crippen LogP contribution in [0.4, 0.5) is 0 Å². The molecule has 0 atom stereocenters. The summed E-state index contributed by atoms with van der Waals surface area (Å²) in [5, 5.41) is 1.94. The van der Waals surface area contributed by atoms with Crippen molar-refractivity contribution in [3.63, 3.8) is 0 Å². The summed E-state index contributed by atoms with van der Waals surface area (Å²) in [5.74, 6) is 0.695. The highest BCUT2D eigenvalue weighted by Gasteiger charge is 2.25. The Labute approximate surface area is 81.6 Å². The highest BCUT2D eigenvalue weighted by atomic mass is 16.1. The molecule has 1 aliphatic rings. The minimum Gasteiger partial charge on any atom is -0.329 e. The van der Waals surface area contributed by atoms with Gasteiger partial charge in [-0.2, -0.15) is 0 Å². The topological polar surface area (TPSA) is 32.9 Å². The Morgan fingerprint density at radius 2 is 2.00 bits per heavy atom. The zero-order valence-corrected chi connectivity index (χ0v) is 7.79. The lowest BCUT2D eigenvalue weighted by molar-refractivity contribution is 1.15. The fourth-order valence-corrected chi connectivity index (χ4v) is 2.00. The number of aromatic nitrogens is 1. The van der Waals surface area contributed by atoms with Gasteiger partial charge in [0.2, 0.25) is 0 Å². The lowest BCUT2D eigenvalue weighted by atomic mass is 10.0. The van der Waals surface area contributed by atoms with Crippen molar-refractivity contribution in [2.75, 3.05) is 0 Å². The van der Waals surface area contributed by atoms with E-state index in [2.05, 4.69) is 11.1 Å². The van der Waals surface area contributed by atoms with E-state index < -0.39 is 0 Å². The van der Waals surface area contributed by atoms with Gasteiger partial charge in [-0.3, -0.25) is 4.79 Å². The Morgan fingerprint density at radius 3 is 2.79 bits per heavy atom. The molecule has 70 valence electrons. The van der Waals surface area contributed by atoms with E-state index in [0.29, 0.717) is 5.92 Å². The summed E-state index contributed by atoms with van der Waals surface area (Å²) in [5.41, 5.74) is 1.36. The van der Waals surface area contributed by atoms with Crippen molar-refractivity contribution in [2.24, 2.45) is 0 Å². The summed E-state index contributed by atoms with van der Waals surface area (Å²) in [6, 6.07) is 8.01. The van der Waals surface area contributed by atoms with Gasteiger partial charge >= 0.3 is 0 Å². The van der Waals surface area contributed by atoms with E-state index in [4.69, 9.17) is 0 Å². The molecular weight excluding hydrogens is 174 g/mol. The van der Waals surface area contributed by atoms with E-state index in [1.807, 2.05) is 18.2 Å². The van der Waals surface area contributed by atoms with Crippen molar-refractivity contribution < 1.29 is 0 Å². The number of benzene rings is 1. The molecule has 3 rings (SSSR count). The molecule has 0 unspecified atom stereocenters. The first-order valence-electron chi connectivity index (χ1n) is 4.96. The van der Waals surface area contributed by atoms with Crippen LogP contribution in [0.3, 0.4) is 0 Å². The third-order valence-electron chi connectivity index (χ3n) is 2.87. The van der Waals surface area contributed by atoms with Crippen molar-refractivity contribution in [1.29, 1.82) is 0 Å². The number of hydrogen-bond acceptors (Lipinski definition) is 1. The number of H-pyrrole nitrogens is 1. The maximum absolute atomic E-state index is 11.5. The van der Waals surface area contributed by atoms with Crippen molar-refractivity contribution in [3.05, 3.63) is 46.4 Å². The summed E-state index contributed by atoms with van der Waals surface area (Å²) < 4.78 is 0. The Bertz CT molecular complexity index is 537. The van der Waals surface area contributed by atoms with Crippen LogP contribution in [0.15, 0.2) is 35.3 Å². The van der Waals surface area contributed by atoms with Crippen LogP contribution >= 0.6 is 0 Å². The molecule has 1 N–H and O–H groups in total. The van der Waals surface area contributed by atoms with Gasteiger partial charge in [0.05, 0.1) is 0 Å². The zero-order valence-electron chi connectivity index (χ0n) is 7.79. The molecule has 1 aliphatic carbocycles. The third-order valence-corrected chi connectivity index (χ3v) is 2.87. The normalized spacial score (nSPS) is 16.0. The molecule has 0 radical (unpaired) electrons. The predicted octanol–water partition coefficient (Wildman–Crippen LogP) is 2.41. The van der Waals surface area contributed by atoms with Gasteiger partial charge in [-0.05, 0) is 41.8 Å². The van der Waals surface area contributed by atoms with E-state index in [1.54, 1.807) is 6.20 Å². The molecule has 0 saturated heterocycles. The van der Waals surface area contributed by atoms with Gasteiger partial charge in [0.15, 0.2) is 0 Å². The molecule has 1 heterocycles. The third kappa shape index (κ3) is 1.07. The van der Waals surface area contributed by atoms with Crippen LogP contribution in [0.25, 0.3) is 10.8 Å². The van der Waals surface area contributed by atoms with Crippen molar-refractivity contribution in [3.8, 4) is 0 Å². The highest BCUT2D eigenvalue weighted by molar-refractivity contribution is 5.85. The van der Waals surface area contributed by atoms with Crippen LogP contribution in [0.5, 0.6) is 0 Å². The van der Waals surface area contributed by atoms with Crippen molar-refractivity contribution in [2.45, 2.75) is 18.8 Å². The molecule has 0 bridgehead atoms. The molecule has 0 spiro atoms. The Morgan fingerprint density at radius 1 is 1.14 bits per heavy atom. The first-order valence-corrected chi connectivity index (χ1v) is 4.96. The van der Waals surface area contributed by atoms with Gasteiger partial charge in [0, 0.05) is 11.6 Å². The second-order valence-electron chi connectivity index (χ2n) is 3.89. The van der Waals surface area contributed by atoms with Gasteiger partial charge in [-0.15, -0.1) is 0 Å². The molecular formula is C12H11NO. The monoisotopic (exact) mass is 185 g/mol. The average molecular weight is 185 g/mol. The first kappa shape index (κ1) is 7.80. The first-order chi connectivity index (χ1) is 6.86. The number of fused-ring (bicyclic) bond motifs is 1. The maximum Gasteiger partial charge on any atom is 0.255 e. The Kier molecular flexibility index (Phi) is 1.51. The fourth-order valence-electron chi connectivity index (χ4n) is 2.00. The number of nitrogens with one attached hydrogen (secondary N) is 1. The minimum atomic E-state index is 0.0185. The van der Waals surface area contributed by atoms with Crippen LogP contribution in [0.2, 0.25) is 0 Å². The summed E-state index contributed by atoms with van der Waals surface area (Å²) in [6.45, 7) is 0. The molecule has 1 saturated carbocycles. The smallest absolute Gasteiger partial charge is 0.255 e. The number of hydrogen-bond donors (Lipinski definition) is 1. The van der Waals surface area contributed by atoms with Gasteiger partial charge in [-0.25, -0.2) is 0 Å². The number of pyridine rings is 1. The van der Waals surface area contributed by atoms with Gasteiger partial charge in [0.25, 0.3) is 5.56 Å². The SMILES string of the molecule is O=c1[nH]ccc2c(C3CC3)cccc12. The van der Waals surface area contributed by atoms with Crippen molar-refractivity contribution in [1.82, 2.24) is 4.98 Å². The Hall–Kier alpha value is -1.57. The quantitative estimate of drug-likeness (QED) is 0.727. The lowest BCUT2D eigenvalue weighted by Crippen LogP contribution is -2.04. The van der Waals surface area contributed by atoms with E-state index >= 15 is 0 Å². The van der Waals surface area contributed by atoms with Gasteiger partial charge < -0.3 is 4.98 Å². The van der Waals surface area contributed by atoms with Crippen LogP contribution in [0, 0.1) is 0 Å². The lowest BCUT2D eigenvalue weighted by Gasteiger charge is -2.03. The molecule has 0 aliphatic heterocycles. The average Bonchev–Trinajstić information content (AvgIpc) is 3.01. The molecule has 2 heteroatoms. The molecule has 1 aromatic heterocycles. The molecule has 0 amide bonds. The summed E-state index contributed by atoms with van der Waals surface area (Å²) in [4.78, 5) is 14.2. The van der Waals surface area contributed by atoms with E-state index in [1.165, 1.54) is 18.4 Å². The largest absolute Gasteiger partial charge is 0.329 e. The molecule has 1 aromatic carbocycles. The zero-order chi connectivity index (χ0) is 9.54. The minimum absolute atomic E-state index is 0.0185.